The SMILES string of the molecule is N#Cc1cccc(C#N)c1NC1CCCc2ccccc21. The quantitative estimate of drug-likeness (QED) is 0.902. The van der Waals surface area contributed by atoms with Crippen molar-refractivity contribution in [2.24, 2.45) is 0 Å². The van der Waals surface area contributed by atoms with Crippen LogP contribution in [0.4, 0.5) is 5.69 Å². The van der Waals surface area contributed by atoms with Gasteiger partial charge in [0.25, 0.3) is 0 Å². The van der Waals surface area contributed by atoms with Gasteiger partial charge in [-0.15, -0.1) is 0 Å². The average molecular weight is 273 g/mol. The minimum Gasteiger partial charge on any atom is -0.376 e. The van der Waals surface area contributed by atoms with Crippen molar-refractivity contribution in [2.45, 2.75) is 25.3 Å². The van der Waals surface area contributed by atoms with Gasteiger partial charge in [-0.2, -0.15) is 10.5 Å². The molecule has 2 aromatic rings. The predicted octanol–water partition coefficient (Wildman–Crippen LogP) is 3.92. The molecule has 0 heterocycles. The lowest BCUT2D eigenvalue weighted by Gasteiger charge is -2.28. The summed E-state index contributed by atoms with van der Waals surface area (Å²) >= 11 is 0. The van der Waals surface area contributed by atoms with Crippen LogP contribution in [0, 0.1) is 22.7 Å². The molecule has 1 unspecified atom stereocenters. The Morgan fingerprint density at radius 3 is 2.38 bits per heavy atom. The summed E-state index contributed by atoms with van der Waals surface area (Å²) < 4.78 is 0. The molecule has 0 bridgehead atoms. The standard InChI is InChI=1S/C18H15N3/c19-11-14-7-3-8-15(12-20)18(14)21-17-10-4-6-13-5-1-2-9-16(13)17/h1-3,5,7-9,17,21H,4,6,10H2. The molecule has 0 radical (unpaired) electrons. The highest BCUT2D eigenvalue weighted by molar-refractivity contribution is 5.67. The summed E-state index contributed by atoms with van der Waals surface area (Å²) in [7, 11) is 0. The Bertz CT molecular complexity index is 718. The molecular weight excluding hydrogens is 258 g/mol. The molecule has 0 fully saturated rings. The third kappa shape index (κ3) is 2.47. The molecule has 1 N–H and O–H groups in total. The van der Waals surface area contributed by atoms with Crippen LogP contribution in [0.25, 0.3) is 0 Å². The number of para-hydroxylation sites is 1. The number of nitrogens with one attached hydrogen (secondary N) is 1. The van der Waals surface area contributed by atoms with Crippen molar-refractivity contribution in [3.05, 3.63) is 64.7 Å². The fourth-order valence-electron chi connectivity index (χ4n) is 2.97. The maximum atomic E-state index is 9.26. The monoisotopic (exact) mass is 273 g/mol. The second kappa shape index (κ2) is 5.69. The van der Waals surface area contributed by atoms with Crippen LogP contribution in [-0.4, -0.2) is 0 Å². The Morgan fingerprint density at radius 2 is 1.67 bits per heavy atom. The molecule has 0 saturated carbocycles. The second-order valence-corrected chi connectivity index (χ2v) is 5.24. The Balaban J connectivity index is 2.00. The smallest absolute Gasteiger partial charge is 0.101 e. The molecule has 3 heteroatoms. The molecule has 0 saturated heterocycles. The highest BCUT2D eigenvalue weighted by Crippen LogP contribution is 2.34. The van der Waals surface area contributed by atoms with Crippen molar-refractivity contribution in [3.63, 3.8) is 0 Å². The van der Waals surface area contributed by atoms with Gasteiger partial charge in [-0.05, 0) is 42.5 Å². The topological polar surface area (TPSA) is 59.6 Å². The third-order valence-electron chi connectivity index (χ3n) is 3.99. The molecule has 3 rings (SSSR count). The number of rotatable bonds is 2. The van der Waals surface area contributed by atoms with E-state index >= 15 is 0 Å². The van der Waals surface area contributed by atoms with Crippen molar-refractivity contribution in [1.29, 1.82) is 10.5 Å². The van der Waals surface area contributed by atoms with E-state index in [0.717, 1.165) is 19.3 Å². The van der Waals surface area contributed by atoms with Crippen molar-refractivity contribution in [3.8, 4) is 12.1 Å². The van der Waals surface area contributed by atoms with Gasteiger partial charge < -0.3 is 5.32 Å². The maximum absolute atomic E-state index is 9.26. The summed E-state index contributed by atoms with van der Waals surface area (Å²) in [6, 6.07) is 18.1. The Kier molecular flexibility index (Phi) is 3.58. The zero-order valence-corrected chi connectivity index (χ0v) is 11.6. The van der Waals surface area contributed by atoms with Crippen LogP contribution >= 0.6 is 0 Å². The van der Waals surface area contributed by atoms with Gasteiger partial charge in [0.2, 0.25) is 0 Å². The van der Waals surface area contributed by atoms with Gasteiger partial charge in [0.15, 0.2) is 0 Å². The number of nitrogens with zero attached hydrogens (tertiary/aromatic N) is 2. The van der Waals surface area contributed by atoms with Crippen molar-refractivity contribution in [1.82, 2.24) is 0 Å². The number of hydrogen-bond donors (Lipinski definition) is 1. The average Bonchev–Trinajstić information content (AvgIpc) is 2.55. The van der Waals surface area contributed by atoms with Crippen LogP contribution in [0.2, 0.25) is 0 Å². The van der Waals surface area contributed by atoms with E-state index in [1.54, 1.807) is 18.2 Å². The molecule has 0 aliphatic heterocycles. The third-order valence-corrected chi connectivity index (χ3v) is 3.99. The minimum atomic E-state index is 0.163. The number of benzene rings is 2. The van der Waals surface area contributed by atoms with E-state index in [2.05, 4.69) is 35.7 Å². The minimum absolute atomic E-state index is 0.163. The molecule has 1 atom stereocenters. The highest BCUT2D eigenvalue weighted by Gasteiger charge is 2.21. The number of fused-ring (bicyclic) bond motifs is 1. The van der Waals surface area contributed by atoms with Gasteiger partial charge in [0.1, 0.15) is 12.1 Å². The van der Waals surface area contributed by atoms with Crippen LogP contribution < -0.4 is 5.32 Å². The van der Waals surface area contributed by atoms with E-state index in [1.165, 1.54) is 11.1 Å². The molecule has 0 aromatic heterocycles. The maximum Gasteiger partial charge on any atom is 0.101 e. The first-order chi connectivity index (χ1) is 10.3. The Morgan fingerprint density at radius 1 is 0.952 bits per heavy atom. The van der Waals surface area contributed by atoms with E-state index in [9.17, 15) is 10.5 Å². The van der Waals surface area contributed by atoms with Crippen LogP contribution in [0.3, 0.4) is 0 Å². The van der Waals surface area contributed by atoms with Gasteiger partial charge >= 0.3 is 0 Å². The van der Waals surface area contributed by atoms with Gasteiger partial charge in [-0.1, -0.05) is 30.3 Å². The number of nitriles is 2. The van der Waals surface area contributed by atoms with Crippen LogP contribution in [0.5, 0.6) is 0 Å². The van der Waals surface area contributed by atoms with E-state index in [1.807, 2.05) is 6.07 Å². The van der Waals surface area contributed by atoms with Crippen molar-refractivity contribution < 1.29 is 0 Å². The van der Waals surface area contributed by atoms with Gasteiger partial charge in [0, 0.05) is 0 Å². The summed E-state index contributed by atoms with van der Waals surface area (Å²) in [5.41, 5.74) is 4.34. The molecule has 2 aromatic carbocycles. The van der Waals surface area contributed by atoms with E-state index < -0.39 is 0 Å². The van der Waals surface area contributed by atoms with Gasteiger partial charge in [-0.25, -0.2) is 0 Å². The van der Waals surface area contributed by atoms with Gasteiger partial charge in [-0.3, -0.25) is 0 Å². The van der Waals surface area contributed by atoms with Crippen LogP contribution in [0.1, 0.15) is 41.1 Å². The number of hydrogen-bond acceptors (Lipinski definition) is 3. The van der Waals surface area contributed by atoms with E-state index in [-0.39, 0.29) is 6.04 Å². The lowest BCUT2D eigenvalue weighted by molar-refractivity contribution is 0.600. The second-order valence-electron chi connectivity index (χ2n) is 5.24. The first-order valence-electron chi connectivity index (χ1n) is 7.11. The van der Waals surface area contributed by atoms with E-state index in [0.29, 0.717) is 16.8 Å². The molecule has 0 amide bonds. The van der Waals surface area contributed by atoms with Crippen molar-refractivity contribution >= 4 is 5.69 Å². The first kappa shape index (κ1) is 13.2. The fraction of sp³-hybridized carbons (Fsp3) is 0.222. The first-order valence-corrected chi connectivity index (χ1v) is 7.11. The molecule has 1 aliphatic rings. The lowest BCUT2D eigenvalue weighted by Crippen LogP contribution is -2.18. The fourth-order valence-corrected chi connectivity index (χ4v) is 2.97. The van der Waals surface area contributed by atoms with Crippen LogP contribution in [0.15, 0.2) is 42.5 Å². The molecule has 21 heavy (non-hydrogen) atoms. The van der Waals surface area contributed by atoms with Gasteiger partial charge in [0.05, 0.1) is 22.9 Å². The lowest BCUT2D eigenvalue weighted by atomic mass is 9.87. The number of anilines is 1. The molecule has 1 aliphatic carbocycles. The zero-order chi connectivity index (χ0) is 14.7. The highest BCUT2D eigenvalue weighted by atomic mass is 14.9. The Labute approximate surface area is 124 Å². The largest absolute Gasteiger partial charge is 0.376 e. The normalized spacial score (nSPS) is 16.4. The van der Waals surface area contributed by atoms with Crippen molar-refractivity contribution in [2.75, 3.05) is 5.32 Å². The van der Waals surface area contributed by atoms with Crippen LogP contribution in [-0.2, 0) is 6.42 Å². The number of aryl methyl sites for hydroxylation is 1. The molecule has 0 spiro atoms. The zero-order valence-electron chi connectivity index (χ0n) is 11.6. The Hall–Kier alpha value is -2.78. The predicted molar refractivity (Wildman–Crippen MR) is 81.6 cm³/mol. The molecule has 102 valence electrons. The summed E-state index contributed by atoms with van der Waals surface area (Å²) in [6.45, 7) is 0. The summed E-state index contributed by atoms with van der Waals surface area (Å²) in [6.07, 6.45) is 3.23. The molecular formula is C18H15N3. The van der Waals surface area contributed by atoms with E-state index in [4.69, 9.17) is 0 Å². The molecule has 3 nitrogen and oxygen atoms in total. The summed E-state index contributed by atoms with van der Waals surface area (Å²) in [4.78, 5) is 0. The summed E-state index contributed by atoms with van der Waals surface area (Å²) in [5, 5.41) is 22.0. The summed E-state index contributed by atoms with van der Waals surface area (Å²) in [5.74, 6) is 0.